The predicted octanol–water partition coefficient (Wildman–Crippen LogP) is 4.77. The van der Waals surface area contributed by atoms with E-state index in [9.17, 15) is 19.7 Å². The quantitative estimate of drug-likeness (QED) is 0.268. The van der Waals surface area contributed by atoms with E-state index in [-0.39, 0.29) is 31.2 Å². The summed E-state index contributed by atoms with van der Waals surface area (Å²) in [5, 5.41) is 11.5. The number of non-ortho nitro benzene ring substituents is 1. The lowest BCUT2D eigenvalue weighted by Gasteiger charge is -2.34. The number of nitro groups is 1. The Bertz CT molecular complexity index is 1080. The molecule has 0 saturated carbocycles. The second-order valence-electron chi connectivity index (χ2n) is 7.07. The van der Waals surface area contributed by atoms with Crippen LogP contribution < -0.4 is 0 Å². The van der Waals surface area contributed by atoms with Crippen LogP contribution in [-0.4, -0.2) is 28.3 Å². The lowest BCUT2D eigenvalue weighted by Crippen LogP contribution is -2.38. The fourth-order valence-corrected chi connectivity index (χ4v) is 3.92. The molecule has 1 atom stereocenters. The Balaban J connectivity index is 2.04. The van der Waals surface area contributed by atoms with Crippen LogP contribution in [0.1, 0.15) is 30.4 Å². The predicted molar refractivity (Wildman–Crippen MR) is 116 cm³/mol. The lowest BCUT2D eigenvalue weighted by molar-refractivity contribution is -0.384. The number of halogens is 1. The molecule has 0 saturated heterocycles. The van der Waals surface area contributed by atoms with Crippen molar-refractivity contribution in [1.82, 2.24) is 4.90 Å². The first-order valence-corrected chi connectivity index (χ1v) is 9.98. The molecule has 0 bridgehead atoms. The fourth-order valence-electron chi connectivity index (χ4n) is 3.65. The summed E-state index contributed by atoms with van der Waals surface area (Å²) in [4.78, 5) is 38.0. The van der Waals surface area contributed by atoms with E-state index >= 15 is 0 Å². The summed E-state index contributed by atoms with van der Waals surface area (Å²) >= 11 is 6.36. The minimum atomic E-state index is -0.557. The zero-order chi connectivity index (χ0) is 22.5. The van der Waals surface area contributed by atoms with E-state index in [0.717, 1.165) is 0 Å². The fraction of sp³-hybridized carbons (Fsp3) is 0.217. The maximum absolute atomic E-state index is 13.1. The van der Waals surface area contributed by atoms with Crippen molar-refractivity contribution in [3.8, 4) is 0 Å². The summed E-state index contributed by atoms with van der Waals surface area (Å²) in [6.45, 7) is 5.36. The van der Waals surface area contributed by atoms with Crippen molar-refractivity contribution in [2.75, 3.05) is 6.61 Å². The Morgan fingerprint density at radius 2 is 2.06 bits per heavy atom. The molecule has 2 aromatic carbocycles. The third-order valence-corrected chi connectivity index (χ3v) is 5.46. The molecule has 160 valence electrons. The maximum atomic E-state index is 13.1. The van der Waals surface area contributed by atoms with E-state index in [1.54, 1.807) is 43.3 Å². The minimum absolute atomic E-state index is 0.0223. The molecule has 31 heavy (non-hydrogen) atoms. The molecule has 0 fully saturated rings. The summed E-state index contributed by atoms with van der Waals surface area (Å²) in [5.74, 6) is -1.33. The Kier molecular flexibility index (Phi) is 6.87. The van der Waals surface area contributed by atoms with Gasteiger partial charge in [0.2, 0.25) is 5.91 Å². The van der Waals surface area contributed by atoms with Crippen LogP contribution in [0.25, 0.3) is 0 Å². The van der Waals surface area contributed by atoms with E-state index in [1.807, 2.05) is 0 Å². The number of carbonyl (C=O) groups is 2. The van der Waals surface area contributed by atoms with E-state index in [0.29, 0.717) is 27.4 Å². The average molecular weight is 441 g/mol. The van der Waals surface area contributed by atoms with Crippen LogP contribution in [0.3, 0.4) is 0 Å². The smallest absolute Gasteiger partial charge is 0.336 e. The van der Waals surface area contributed by atoms with Gasteiger partial charge in [-0.2, -0.15) is 0 Å². The molecule has 0 aromatic heterocycles. The second-order valence-corrected chi connectivity index (χ2v) is 7.48. The summed E-state index contributed by atoms with van der Waals surface area (Å²) in [5.41, 5.74) is 1.94. The van der Waals surface area contributed by atoms with E-state index in [2.05, 4.69) is 6.58 Å². The Hall–Kier alpha value is -3.45. The molecule has 3 rings (SSSR count). The zero-order valence-corrected chi connectivity index (χ0v) is 17.7. The molecule has 1 unspecified atom stereocenters. The average Bonchev–Trinajstić information content (AvgIpc) is 2.75. The van der Waals surface area contributed by atoms with Gasteiger partial charge in [0.1, 0.15) is 6.61 Å². The maximum Gasteiger partial charge on any atom is 0.336 e. The number of carbonyl (C=O) groups excluding carboxylic acids is 2. The van der Waals surface area contributed by atoms with Crippen molar-refractivity contribution in [1.29, 1.82) is 0 Å². The highest BCUT2D eigenvalue weighted by atomic mass is 35.5. The summed E-state index contributed by atoms with van der Waals surface area (Å²) < 4.78 is 5.29. The van der Waals surface area contributed by atoms with Crippen LogP contribution in [-0.2, 0) is 20.9 Å². The van der Waals surface area contributed by atoms with Crippen LogP contribution in [0.2, 0.25) is 5.02 Å². The van der Waals surface area contributed by atoms with Gasteiger partial charge in [0.05, 0.1) is 17.0 Å². The van der Waals surface area contributed by atoms with Gasteiger partial charge in [0.25, 0.3) is 5.69 Å². The Morgan fingerprint density at radius 1 is 1.32 bits per heavy atom. The molecule has 0 spiro atoms. The molecule has 2 aromatic rings. The van der Waals surface area contributed by atoms with Gasteiger partial charge in [0, 0.05) is 35.2 Å². The lowest BCUT2D eigenvalue weighted by atomic mass is 9.83. The molecule has 1 amide bonds. The number of allylic oxidation sites excluding steroid dienone is 1. The van der Waals surface area contributed by atoms with Crippen LogP contribution in [0.15, 0.2) is 72.5 Å². The highest BCUT2D eigenvalue weighted by molar-refractivity contribution is 6.31. The first-order chi connectivity index (χ1) is 14.8. The highest BCUT2D eigenvalue weighted by Crippen LogP contribution is 2.40. The van der Waals surface area contributed by atoms with Gasteiger partial charge in [-0.3, -0.25) is 14.9 Å². The number of rotatable bonds is 7. The first-order valence-electron chi connectivity index (χ1n) is 9.60. The third kappa shape index (κ3) is 4.83. The number of nitrogens with zero attached hydrogens (tertiary/aromatic N) is 2. The SMILES string of the molecule is C=CCOC(=O)C1=C(C)N(Cc2cccc([N+](=O)[O-])c2)C(=O)CC1c1ccccc1Cl. The molecule has 1 heterocycles. The van der Waals surface area contributed by atoms with Crippen molar-refractivity contribution in [3.63, 3.8) is 0 Å². The van der Waals surface area contributed by atoms with E-state index in [1.165, 1.54) is 23.1 Å². The molecular formula is C23H21ClN2O5. The number of benzene rings is 2. The molecule has 8 heteroatoms. The van der Waals surface area contributed by atoms with Gasteiger partial charge in [-0.05, 0) is 24.1 Å². The molecular weight excluding hydrogens is 420 g/mol. The molecule has 0 N–H and O–H groups in total. The first kappa shape index (κ1) is 22.2. The zero-order valence-electron chi connectivity index (χ0n) is 16.9. The topological polar surface area (TPSA) is 89.8 Å². The van der Waals surface area contributed by atoms with Crippen molar-refractivity contribution in [2.24, 2.45) is 0 Å². The molecule has 1 aliphatic rings. The Labute approximate surface area is 184 Å². The Morgan fingerprint density at radius 3 is 2.74 bits per heavy atom. The normalized spacial score (nSPS) is 16.3. The van der Waals surface area contributed by atoms with Gasteiger partial charge in [-0.1, -0.05) is 54.6 Å². The summed E-state index contributed by atoms with van der Waals surface area (Å²) in [6, 6.07) is 13.1. The van der Waals surface area contributed by atoms with Crippen molar-refractivity contribution >= 4 is 29.2 Å². The standard InChI is InChI=1S/C23H21ClN2O5/c1-3-11-31-23(28)22-15(2)25(14-16-7-6-8-17(12-16)26(29)30)21(27)13-19(22)18-9-4-5-10-20(18)24/h3-10,12,19H,1,11,13-14H2,2H3. The minimum Gasteiger partial charge on any atom is -0.458 e. The monoisotopic (exact) mass is 440 g/mol. The molecule has 1 aliphatic heterocycles. The molecule has 0 radical (unpaired) electrons. The van der Waals surface area contributed by atoms with Crippen LogP contribution in [0, 0.1) is 10.1 Å². The van der Waals surface area contributed by atoms with Crippen LogP contribution >= 0.6 is 11.6 Å². The highest BCUT2D eigenvalue weighted by Gasteiger charge is 2.37. The molecule has 0 aliphatic carbocycles. The van der Waals surface area contributed by atoms with Crippen LogP contribution in [0.4, 0.5) is 5.69 Å². The largest absolute Gasteiger partial charge is 0.458 e. The van der Waals surface area contributed by atoms with Gasteiger partial charge >= 0.3 is 5.97 Å². The van der Waals surface area contributed by atoms with Gasteiger partial charge in [-0.25, -0.2) is 4.79 Å². The number of hydrogen-bond donors (Lipinski definition) is 0. The van der Waals surface area contributed by atoms with Crippen molar-refractivity contribution in [3.05, 3.63) is 98.7 Å². The number of ether oxygens (including phenoxy) is 1. The molecule has 7 nitrogen and oxygen atoms in total. The van der Waals surface area contributed by atoms with E-state index < -0.39 is 16.8 Å². The number of hydrogen-bond acceptors (Lipinski definition) is 5. The number of nitro benzene ring substituents is 1. The van der Waals surface area contributed by atoms with E-state index in [4.69, 9.17) is 16.3 Å². The second kappa shape index (κ2) is 9.57. The van der Waals surface area contributed by atoms with Crippen molar-refractivity contribution in [2.45, 2.75) is 25.8 Å². The van der Waals surface area contributed by atoms with Crippen LogP contribution in [0.5, 0.6) is 0 Å². The van der Waals surface area contributed by atoms with Gasteiger partial charge < -0.3 is 9.64 Å². The summed E-state index contributed by atoms with van der Waals surface area (Å²) in [7, 11) is 0. The van der Waals surface area contributed by atoms with Gasteiger partial charge in [0.15, 0.2) is 0 Å². The number of amides is 1. The van der Waals surface area contributed by atoms with Gasteiger partial charge in [-0.15, -0.1) is 0 Å². The third-order valence-electron chi connectivity index (χ3n) is 5.12. The van der Waals surface area contributed by atoms with Crippen molar-refractivity contribution < 1.29 is 19.2 Å². The summed E-state index contributed by atoms with van der Waals surface area (Å²) in [6.07, 6.45) is 1.49. The number of esters is 1.